The van der Waals surface area contributed by atoms with Gasteiger partial charge in [-0.2, -0.15) is 0 Å². The highest BCUT2D eigenvalue weighted by molar-refractivity contribution is 7.99. The molecule has 0 bridgehead atoms. The minimum atomic E-state index is -0.631. The fourth-order valence-corrected chi connectivity index (χ4v) is 2.25. The first-order chi connectivity index (χ1) is 8.56. The lowest BCUT2D eigenvalue weighted by Gasteiger charge is -2.08. The highest BCUT2D eigenvalue weighted by Gasteiger charge is 2.15. The topological polar surface area (TPSA) is 52.0 Å². The Hall–Kier alpha value is -1.40. The molecular formula is C12H12F2N2OS. The van der Waals surface area contributed by atoms with Crippen LogP contribution >= 0.6 is 11.8 Å². The summed E-state index contributed by atoms with van der Waals surface area (Å²) >= 11 is 0.816. The summed E-state index contributed by atoms with van der Waals surface area (Å²) in [6, 6.07) is 2.43. The highest BCUT2D eigenvalue weighted by Crippen LogP contribution is 2.31. The largest absolute Gasteiger partial charge is 0.440 e. The molecule has 0 spiro atoms. The van der Waals surface area contributed by atoms with Gasteiger partial charge < -0.3 is 10.2 Å². The van der Waals surface area contributed by atoms with Crippen molar-refractivity contribution in [2.75, 3.05) is 0 Å². The van der Waals surface area contributed by atoms with Crippen LogP contribution in [0.15, 0.2) is 39.1 Å². The van der Waals surface area contributed by atoms with Crippen molar-refractivity contribution in [2.24, 2.45) is 5.73 Å². The Balaban J connectivity index is 2.26. The smallest absolute Gasteiger partial charge is 0.260 e. The van der Waals surface area contributed by atoms with E-state index in [2.05, 4.69) is 4.98 Å². The Kier molecular flexibility index (Phi) is 3.98. The maximum Gasteiger partial charge on any atom is 0.260 e. The van der Waals surface area contributed by atoms with E-state index in [9.17, 15) is 8.78 Å². The summed E-state index contributed by atoms with van der Waals surface area (Å²) in [6.45, 7) is 1.78. The lowest BCUT2D eigenvalue weighted by molar-refractivity contribution is 0.451. The van der Waals surface area contributed by atoms with E-state index >= 15 is 0 Å². The van der Waals surface area contributed by atoms with Gasteiger partial charge >= 0.3 is 0 Å². The van der Waals surface area contributed by atoms with Crippen molar-refractivity contribution < 1.29 is 13.2 Å². The molecule has 0 aliphatic carbocycles. The molecule has 0 saturated carbocycles. The highest BCUT2D eigenvalue weighted by atomic mass is 32.2. The molecular weight excluding hydrogens is 258 g/mol. The zero-order chi connectivity index (χ0) is 13.1. The summed E-state index contributed by atoms with van der Waals surface area (Å²) in [5.74, 6) is -1.26. The molecule has 1 aromatic carbocycles. The molecule has 1 aromatic heterocycles. The lowest BCUT2D eigenvalue weighted by atomic mass is 10.1. The summed E-state index contributed by atoms with van der Waals surface area (Å²) in [6.07, 6.45) is 3.20. The van der Waals surface area contributed by atoms with E-state index < -0.39 is 11.6 Å². The van der Waals surface area contributed by atoms with Crippen molar-refractivity contribution in [3.05, 3.63) is 41.8 Å². The number of hydrogen-bond acceptors (Lipinski definition) is 4. The van der Waals surface area contributed by atoms with Crippen LogP contribution < -0.4 is 5.73 Å². The monoisotopic (exact) mass is 270 g/mol. The normalized spacial score (nSPS) is 12.7. The number of aromatic nitrogens is 1. The van der Waals surface area contributed by atoms with Gasteiger partial charge in [0, 0.05) is 6.04 Å². The SMILES string of the molecule is CC(N)Cc1cc(F)c(Sc2ncco2)c(F)c1. The number of nitrogens with two attached hydrogens (primary N) is 1. The van der Waals surface area contributed by atoms with Crippen LogP contribution in [0, 0.1) is 11.6 Å². The van der Waals surface area contributed by atoms with Crippen LogP contribution in [0.5, 0.6) is 0 Å². The lowest BCUT2D eigenvalue weighted by Crippen LogP contribution is -2.18. The average molecular weight is 270 g/mol. The van der Waals surface area contributed by atoms with Crippen LogP contribution in [0.3, 0.4) is 0 Å². The van der Waals surface area contributed by atoms with Gasteiger partial charge in [0.25, 0.3) is 5.22 Å². The molecule has 2 N–H and O–H groups in total. The Labute approximate surface area is 107 Å². The van der Waals surface area contributed by atoms with Crippen LogP contribution in [0.2, 0.25) is 0 Å². The van der Waals surface area contributed by atoms with E-state index in [4.69, 9.17) is 10.2 Å². The molecule has 1 heterocycles. The molecule has 96 valence electrons. The molecule has 1 unspecified atom stereocenters. The molecule has 18 heavy (non-hydrogen) atoms. The third-order valence-electron chi connectivity index (χ3n) is 2.21. The van der Waals surface area contributed by atoms with E-state index in [0.29, 0.717) is 12.0 Å². The van der Waals surface area contributed by atoms with Crippen LogP contribution in [-0.4, -0.2) is 11.0 Å². The van der Waals surface area contributed by atoms with Gasteiger partial charge in [-0.25, -0.2) is 13.8 Å². The molecule has 0 fully saturated rings. The number of oxazole rings is 1. The zero-order valence-electron chi connectivity index (χ0n) is 9.69. The average Bonchev–Trinajstić information content (AvgIpc) is 2.75. The van der Waals surface area contributed by atoms with Crippen molar-refractivity contribution in [3.63, 3.8) is 0 Å². The Morgan fingerprint density at radius 3 is 2.56 bits per heavy atom. The van der Waals surface area contributed by atoms with Crippen molar-refractivity contribution in [1.29, 1.82) is 0 Å². The fraction of sp³-hybridized carbons (Fsp3) is 0.250. The van der Waals surface area contributed by atoms with Gasteiger partial charge in [0.05, 0.1) is 11.1 Å². The maximum atomic E-state index is 13.8. The van der Waals surface area contributed by atoms with E-state index in [-0.39, 0.29) is 16.2 Å². The van der Waals surface area contributed by atoms with Gasteiger partial charge in [0.2, 0.25) is 0 Å². The minimum absolute atomic E-state index is 0.120. The molecule has 3 nitrogen and oxygen atoms in total. The first-order valence-corrected chi connectivity index (χ1v) is 6.18. The Morgan fingerprint density at radius 2 is 2.06 bits per heavy atom. The Bertz CT molecular complexity index is 506. The van der Waals surface area contributed by atoms with Gasteiger partial charge in [-0.05, 0) is 42.8 Å². The van der Waals surface area contributed by atoms with E-state index in [1.807, 2.05) is 0 Å². The van der Waals surface area contributed by atoms with Gasteiger partial charge in [0.1, 0.15) is 17.9 Å². The van der Waals surface area contributed by atoms with Gasteiger partial charge in [-0.1, -0.05) is 0 Å². The van der Waals surface area contributed by atoms with Crippen LogP contribution in [-0.2, 0) is 6.42 Å². The quantitative estimate of drug-likeness (QED) is 0.928. The van der Waals surface area contributed by atoms with Gasteiger partial charge in [0.15, 0.2) is 0 Å². The predicted octanol–water partition coefficient (Wildman–Crippen LogP) is 2.99. The predicted molar refractivity (Wildman–Crippen MR) is 64.3 cm³/mol. The number of nitrogens with zero attached hydrogens (tertiary/aromatic N) is 1. The second-order valence-corrected chi connectivity index (χ2v) is 4.93. The summed E-state index contributed by atoms with van der Waals surface area (Å²) in [7, 11) is 0. The zero-order valence-corrected chi connectivity index (χ0v) is 10.5. The standard InChI is InChI=1S/C12H12F2N2OS/c1-7(15)4-8-5-9(13)11(10(14)6-8)18-12-16-2-3-17-12/h2-3,5-7H,4,15H2,1H3. The second-order valence-electron chi connectivity index (χ2n) is 3.97. The minimum Gasteiger partial charge on any atom is -0.440 e. The van der Waals surface area contributed by atoms with Gasteiger partial charge in [-0.15, -0.1) is 0 Å². The third-order valence-corrected chi connectivity index (χ3v) is 3.19. The van der Waals surface area contributed by atoms with Crippen LogP contribution in [0.25, 0.3) is 0 Å². The number of benzene rings is 1. The molecule has 0 aliphatic rings. The van der Waals surface area contributed by atoms with E-state index in [1.165, 1.54) is 24.6 Å². The third kappa shape index (κ3) is 3.08. The van der Waals surface area contributed by atoms with Crippen molar-refractivity contribution >= 4 is 11.8 Å². The van der Waals surface area contributed by atoms with E-state index in [1.54, 1.807) is 6.92 Å². The second kappa shape index (κ2) is 5.49. The van der Waals surface area contributed by atoms with E-state index in [0.717, 1.165) is 11.8 Å². The summed E-state index contributed by atoms with van der Waals surface area (Å²) in [5.41, 5.74) is 6.14. The summed E-state index contributed by atoms with van der Waals surface area (Å²) in [4.78, 5) is 3.69. The molecule has 0 aliphatic heterocycles. The summed E-state index contributed by atoms with van der Waals surface area (Å²) < 4.78 is 32.5. The van der Waals surface area contributed by atoms with Gasteiger partial charge in [-0.3, -0.25) is 0 Å². The molecule has 1 atom stereocenters. The molecule has 0 radical (unpaired) electrons. The molecule has 0 saturated heterocycles. The van der Waals surface area contributed by atoms with Crippen LogP contribution in [0.1, 0.15) is 12.5 Å². The first-order valence-electron chi connectivity index (χ1n) is 5.37. The van der Waals surface area contributed by atoms with Crippen LogP contribution in [0.4, 0.5) is 8.78 Å². The Morgan fingerprint density at radius 1 is 1.39 bits per heavy atom. The summed E-state index contributed by atoms with van der Waals surface area (Å²) in [5, 5.41) is 0.202. The molecule has 2 aromatic rings. The fourth-order valence-electron chi connectivity index (χ4n) is 1.55. The molecule has 0 amide bonds. The number of hydrogen-bond donors (Lipinski definition) is 1. The maximum absolute atomic E-state index is 13.8. The van der Waals surface area contributed by atoms with Crippen molar-refractivity contribution in [2.45, 2.75) is 29.5 Å². The molecule has 2 rings (SSSR count). The number of rotatable bonds is 4. The van der Waals surface area contributed by atoms with Crippen molar-refractivity contribution in [3.8, 4) is 0 Å². The first kappa shape index (κ1) is 13.0. The van der Waals surface area contributed by atoms with Crippen molar-refractivity contribution in [1.82, 2.24) is 4.98 Å². The number of halogens is 2. The molecule has 6 heteroatoms.